The Morgan fingerprint density at radius 3 is 2.88 bits per heavy atom. The molecule has 0 radical (unpaired) electrons. The zero-order valence-electron chi connectivity index (χ0n) is 13.3. The quantitative estimate of drug-likeness (QED) is 0.665. The molecule has 0 aliphatic carbocycles. The first-order valence-corrected chi connectivity index (χ1v) is 7.65. The molecular formula is C17H18FN5O. The number of aromatic amines is 1. The number of anilines is 1. The molecule has 0 saturated carbocycles. The van der Waals surface area contributed by atoms with Crippen molar-refractivity contribution < 1.29 is 4.39 Å². The van der Waals surface area contributed by atoms with Crippen molar-refractivity contribution in [2.75, 3.05) is 11.9 Å². The molecule has 1 aromatic carbocycles. The zero-order chi connectivity index (χ0) is 17.1. The minimum Gasteiger partial charge on any atom is -0.366 e. The van der Waals surface area contributed by atoms with Crippen LogP contribution >= 0.6 is 0 Å². The lowest BCUT2D eigenvalue weighted by Crippen LogP contribution is -2.16. The van der Waals surface area contributed by atoms with Crippen molar-refractivity contribution in [1.29, 1.82) is 0 Å². The first kappa shape index (κ1) is 16.1. The molecule has 4 N–H and O–H groups in total. The summed E-state index contributed by atoms with van der Waals surface area (Å²) in [4.78, 5) is 23.4. The number of benzene rings is 1. The molecule has 124 valence electrons. The maximum absolute atomic E-state index is 13.2. The molecule has 0 fully saturated rings. The van der Waals surface area contributed by atoms with E-state index < -0.39 is 0 Å². The lowest BCUT2D eigenvalue weighted by Gasteiger charge is -2.09. The predicted molar refractivity (Wildman–Crippen MR) is 91.4 cm³/mol. The van der Waals surface area contributed by atoms with E-state index >= 15 is 0 Å². The fourth-order valence-electron chi connectivity index (χ4n) is 2.53. The van der Waals surface area contributed by atoms with Gasteiger partial charge >= 0.3 is 0 Å². The lowest BCUT2D eigenvalue weighted by atomic mass is 10.1. The Morgan fingerprint density at radius 2 is 2.08 bits per heavy atom. The van der Waals surface area contributed by atoms with Crippen LogP contribution in [-0.4, -0.2) is 21.5 Å². The fourth-order valence-corrected chi connectivity index (χ4v) is 2.53. The van der Waals surface area contributed by atoms with Crippen LogP contribution in [-0.2, 0) is 13.0 Å². The molecule has 0 aliphatic rings. The molecule has 2 aromatic heterocycles. The number of H-pyrrole nitrogens is 1. The molecule has 3 rings (SSSR count). The van der Waals surface area contributed by atoms with Gasteiger partial charge in [0.1, 0.15) is 17.5 Å². The van der Waals surface area contributed by atoms with Crippen molar-refractivity contribution in [1.82, 2.24) is 15.0 Å². The number of fused-ring (bicyclic) bond motifs is 1. The summed E-state index contributed by atoms with van der Waals surface area (Å²) in [6, 6.07) is 7.88. The maximum atomic E-state index is 13.2. The number of hydrogen-bond acceptors (Lipinski definition) is 5. The molecule has 0 bridgehead atoms. The van der Waals surface area contributed by atoms with E-state index in [9.17, 15) is 9.18 Å². The number of aromatic nitrogens is 3. The van der Waals surface area contributed by atoms with Gasteiger partial charge in [-0.1, -0.05) is 0 Å². The van der Waals surface area contributed by atoms with Gasteiger partial charge in [0.15, 0.2) is 0 Å². The highest BCUT2D eigenvalue weighted by Gasteiger charge is 2.06. The van der Waals surface area contributed by atoms with Crippen LogP contribution in [0, 0.1) is 12.7 Å². The van der Waals surface area contributed by atoms with Crippen LogP contribution in [0.2, 0.25) is 0 Å². The third-order valence-electron chi connectivity index (χ3n) is 3.64. The van der Waals surface area contributed by atoms with Crippen molar-refractivity contribution >= 4 is 16.7 Å². The second-order valence-electron chi connectivity index (χ2n) is 5.54. The van der Waals surface area contributed by atoms with Gasteiger partial charge in [0.05, 0.1) is 5.52 Å². The Morgan fingerprint density at radius 1 is 1.25 bits per heavy atom. The number of hydrogen-bond donors (Lipinski definition) is 3. The smallest absolute Gasteiger partial charge is 0.253 e. The highest BCUT2D eigenvalue weighted by molar-refractivity contribution is 5.78. The van der Waals surface area contributed by atoms with Crippen LogP contribution in [0.25, 0.3) is 10.9 Å². The predicted octanol–water partition coefficient (Wildman–Crippen LogP) is 1.88. The van der Waals surface area contributed by atoms with E-state index in [1.54, 1.807) is 12.1 Å². The Hall–Kier alpha value is -2.80. The highest BCUT2D eigenvalue weighted by Crippen LogP contribution is 2.14. The summed E-state index contributed by atoms with van der Waals surface area (Å²) in [5, 5.41) is 3.91. The Balaban J connectivity index is 1.84. The maximum Gasteiger partial charge on any atom is 0.253 e. The van der Waals surface area contributed by atoms with E-state index in [0.717, 1.165) is 11.1 Å². The van der Waals surface area contributed by atoms with Crippen molar-refractivity contribution in [3.05, 3.63) is 63.6 Å². The standard InChI is InChI=1S/C17H18FN5O/c1-10-21-14(4-5-19)8-16(22-10)20-9-12-6-11-2-3-13(18)7-15(11)23-17(12)24/h2-3,6-8H,4-5,9,19H2,1H3,(H,23,24)(H,20,21,22). The molecule has 0 saturated heterocycles. The van der Waals surface area contributed by atoms with E-state index in [1.807, 2.05) is 13.0 Å². The second-order valence-corrected chi connectivity index (χ2v) is 5.54. The Bertz CT molecular complexity index is 938. The van der Waals surface area contributed by atoms with Crippen LogP contribution in [0.4, 0.5) is 10.2 Å². The molecule has 7 heteroatoms. The van der Waals surface area contributed by atoms with Crippen molar-refractivity contribution in [3.63, 3.8) is 0 Å². The number of halogens is 1. The Labute approximate surface area is 138 Å². The monoisotopic (exact) mass is 327 g/mol. The van der Waals surface area contributed by atoms with E-state index in [-0.39, 0.29) is 11.4 Å². The minimum atomic E-state index is -0.382. The minimum absolute atomic E-state index is 0.256. The van der Waals surface area contributed by atoms with Gasteiger partial charge < -0.3 is 16.0 Å². The number of nitrogens with two attached hydrogens (primary N) is 1. The third-order valence-corrected chi connectivity index (χ3v) is 3.64. The van der Waals surface area contributed by atoms with E-state index in [1.165, 1.54) is 12.1 Å². The molecular weight excluding hydrogens is 309 g/mol. The average Bonchev–Trinajstić information content (AvgIpc) is 2.53. The number of rotatable bonds is 5. The zero-order valence-corrected chi connectivity index (χ0v) is 13.3. The van der Waals surface area contributed by atoms with Gasteiger partial charge in [0.25, 0.3) is 5.56 Å². The Kier molecular flexibility index (Phi) is 4.52. The highest BCUT2D eigenvalue weighted by atomic mass is 19.1. The van der Waals surface area contributed by atoms with E-state index in [4.69, 9.17) is 5.73 Å². The van der Waals surface area contributed by atoms with Crippen LogP contribution in [0.15, 0.2) is 35.1 Å². The first-order valence-electron chi connectivity index (χ1n) is 7.65. The summed E-state index contributed by atoms with van der Waals surface area (Å²) >= 11 is 0. The van der Waals surface area contributed by atoms with Crippen LogP contribution in [0.5, 0.6) is 0 Å². The summed E-state index contributed by atoms with van der Waals surface area (Å²) in [5.74, 6) is 0.906. The largest absolute Gasteiger partial charge is 0.366 e. The summed E-state index contributed by atoms with van der Waals surface area (Å²) in [6.07, 6.45) is 0.667. The van der Waals surface area contributed by atoms with Crippen LogP contribution < -0.4 is 16.6 Å². The molecule has 3 aromatic rings. The van der Waals surface area contributed by atoms with Crippen LogP contribution in [0.3, 0.4) is 0 Å². The second kappa shape index (κ2) is 6.76. The molecule has 0 unspecified atom stereocenters. The van der Waals surface area contributed by atoms with Gasteiger partial charge in [-0.25, -0.2) is 14.4 Å². The summed E-state index contributed by atoms with van der Waals surface area (Å²) in [7, 11) is 0. The number of aryl methyl sites for hydroxylation is 1. The van der Waals surface area contributed by atoms with Gasteiger partial charge in [-0.2, -0.15) is 0 Å². The van der Waals surface area contributed by atoms with E-state index in [2.05, 4.69) is 20.3 Å². The van der Waals surface area contributed by atoms with Gasteiger partial charge in [-0.05, 0) is 43.1 Å². The average molecular weight is 327 g/mol. The topological polar surface area (TPSA) is 96.7 Å². The summed E-state index contributed by atoms with van der Waals surface area (Å²) in [5.41, 5.74) is 7.18. The number of nitrogens with one attached hydrogen (secondary N) is 2. The normalized spacial score (nSPS) is 11.0. The summed E-state index contributed by atoms with van der Waals surface area (Å²) < 4.78 is 13.2. The molecule has 2 heterocycles. The molecule has 0 spiro atoms. The van der Waals surface area contributed by atoms with E-state index in [0.29, 0.717) is 42.2 Å². The SMILES string of the molecule is Cc1nc(CCN)cc(NCc2cc3ccc(F)cc3[nH]c2=O)n1. The number of pyridine rings is 1. The van der Waals surface area contributed by atoms with Crippen LogP contribution in [0.1, 0.15) is 17.1 Å². The lowest BCUT2D eigenvalue weighted by molar-refractivity contribution is 0.629. The van der Waals surface area contributed by atoms with Gasteiger partial charge in [-0.15, -0.1) is 0 Å². The fraction of sp³-hybridized carbons (Fsp3) is 0.235. The first-order chi connectivity index (χ1) is 11.5. The third kappa shape index (κ3) is 3.57. The summed E-state index contributed by atoms with van der Waals surface area (Å²) in [6.45, 7) is 2.63. The number of nitrogens with zero attached hydrogens (tertiary/aromatic N) is 2. The molecule has 6 nitrogen and oxygen atoms in total. The van der Waals surface area contributed by atoms with Crippen molar-refractivity contribution in [2.24, 2.45) is 5.73 Å². The van der Waals surface area contributed by atoms with Crippen molar-refractivity contribution in [3.8, 4) is 0 Å². The molecule has 24 heavy (non-hydrogen) atoms. The molecule has 0 atom stereocenters. The van der Waals surface area contributed by atoms with Gasteiger partial charge in [0.2, 0.25) is 0 Å². The molecule has 0 aliphatic heterocycles. The van der Waals surface area contributed by atoms with Gasteiger partial charge in [0, 0.05) is 30.3 Å². The van der Waals surface area contributed by atoms with Crippen molar-refractivity contribution in [2.45, 2.75) is 19.9 Å². The molecule has 0 amide bonds. The van der Waals surface area contributed by atoms with Gasteiger partial charge in [-0.3, -0.25) is 4.79 Å².